The molecule has 25 heavy (non-hydrogen) atoms. The van der Waals surface area contributed by atoms with Gasteiger partial charge in [-0.25, -0.2) is 9.59 Å². The summed E-state index contributed by atoms with van der Waals surface area (Å²) in [6.07, 6.45) is 0.407. The van der Waals surface area contributed by atoms with Crippen molar-refractivity contribution < 1.29 is 37.5 Å². The number of hydrogen-bond donors (Lipinski definition) is 0. The number of aldehydes is 1. The lowest BCUT2D eigenvalue weighted by Gasteiger charge is -2.22. The van der Waals surface area contributed by atoms with Crippen molar-refractivity contribution in [3.8, 4) is 0 Å². The van der Waals surface area contributed by atoms with Gasteiger partial charge in [0, 0.05) is 5.56 Å². The molecule has 138 valence electrons. The number of methoxy groups -OCH3 is 1. The minimum absolute atomic E-state index is 0.000290. The van der Waals surface area contributed by atoms with E-state index in [1.54, 1.807) is 20.8 Å². The zero-order chi connectivity index (χ0) is 19.0. The molecule has 8 nitrogen and oxygen atoms in total. The Morgan fingerprint density at radius 3 is 2.08 bits per heavy atom. The van der Waals surface area contributed by atoms with Crippen LogP contribution in [0.15, 0.2) is 12.1 Å². The molecule has 0 aliphatic carbocycles. The second-order valence-electron chi connectivity index (χ2n) is 4.59. The molecule has 1 rings (SSSR count). The summed E-state index contributed by atoms with van der Waals surface area (Å²) in [5.41, 5.74) is -0.648. The molecule has 0 aliphatic heterocycles. The Balaban J connectivity index is 3.87. The Morgan fingerprint density at radius 1 is 1.04 bits per heavy atom. The molecule has 0 aromatic heterocycles. The second-order valence-corrected chi connectivity index (χ2v) is 6.55. The van der Waals surface area contributed by atoms with E-state index in [4.69, 9.17) is 13.8 Å². The Kier molecular flexibility index (Phi) is 7.96. The van der Waals surface area contributed by atoms with Gasteiger partial charge in [0.15, 0.2) is 6.29 Å². The lowest BCUT2D eigenvalue weighted by Crippen LogP contribution is -2.28. The number of rotatable bonds is 9. The molecule has 0 unspecified atom stereocenters. The average molecular weight is 372 g/mol. The molecule has 0 bridgehead atoms. The fraction of sp³-hybridized carbons (Fsp3) is 0.438. The third kappa shape index (κ3) is 4.54. The van der Waals surface area contributed by atoms with Crippen molar-refractivity contribution >= 4 is 31.1 Å². The van der Waals surface area contributed by atoms with Gasteiger partial charge in [0.25, 0.3) is 0 Å². The van der Waals surface area contributed by atoms with E-state index in [9.17, 15) is 18.9 Å². The third-order valence-electron chi connectivity index (χ3n) is 3.09. The molecule has 9 heteroatoms. The van der Waals surface area contributed by atoms with Crippen LogP contribution in [0.3, 0.4) is 0 Å². The van der Waals surface area contributed by atoms with Crippen LogP contribution in [0.25, 0.3) is 0 Å². The molecule has 1 aromatic carbocycles. The molecule has 0 aliphatic rings. The van der Waals surface area contributed by atoms with Crippen LogP contribution in [-0.4, -0.2) is 45.2 Å². The quantitative estimate of drug-likeness (QED) is 0.369. The van der Waals surface area contributed by atoms with E-state index in [1.807, 2.05) is 0 Å². The predicted octanol–water partition coefficient (Wildman–Crippen LogP) is 2.35. The molecule has 0 spiro atoms. The van der Waals surface area contributed by atoms with Gasteiger partial charge in [0.2, 0.25) is 0 Å². The molecule has 0 amide bonds. The molecular weight excluding hydrogens is 351 g/mol. The summed E-state index contributed by atoms with van der Waals surface area (Å²) in [4.78, 5) is 36.0. The summed E-state index contributed by atoms with van der Waals surface area (Å²) >= 11 is 0. The number of hydrogen-bond acceptors (Lipinski definition) is 8. The normalized spacial score (nSPS) is 11.0. The lowest BCUT2D eigenvalue weighted by molar-refractivity contribution is 0.0505. The van der Waals surface area contributed by atoms with Crippen molar-refractivity contribution in [3.05, 3.63) is 28.8 Å². The lowest BCUT2D eigenvalue weighted by atomic mass is 10.0. The van der Waals surface area contributed by atoms with E-state index >= 15 is 0 Å². The Labute approximate surface area is 145 Å². The molecule has 0 fully saturated rings. The van der Waals surface area contributed by atoms with Crippen molar-refractivity contribution in [1.82, 2.24) is 0 Å². The molecule has 0 saturated heterocycles. The van der Waals surface area contributed by atoms with Crippen molar-refractivity contribution in [1.29, 1.82) is 0 Å². The van der Waals surface area contributed by atoms with Gasteiger partial charge in [0.05, 0.1) is 43.4 Å². The molecule has 0 heterocycles. The van der Waals surface area contributed by atoms with Crippen LogP contribution in [0, 0.1) is 0 Å². The van der Waals surface area contributed by atoms with Crippen LogP contribution < -0.4 is 5.30 Å². The maximum absolute atomic E-state index is 13.2. The molecule has 0 saturated carbocycles. The number of ether oxygens (including phenoxy) is 2. The average Bonchev–Trinajstić information content (AvgIpc) is 2.60. The fourth-order valence-corrected chi connectivity index (χ4v) is 4.14. The van der Waals surface area contributed by atoms with E-state index in [0.29, 0.717) is 6.29 Å². The first-order chi connectivity index (χ1) is 11.9. The van der Waals surface area contributed by atoms with Crippen LogP contribution in [0.2, 0.25) is 0 Å². The molecule has 0 radical (unpaired) electrons. The first kappa shape index (κ1) is 21.0. The summed E-state index contributed by atoms with van der Waals surface area (Å²) in [7, 11) is -2.92. The van der Waals surface area contributed by atoms with Crippen molar-refractivity contribution in [2.75, 3.05) is 26.9 Å². The minimum atomic E-state index is -4.06. The molecule has 1 aromatic rings. The van der Waals surface area contributed by atoms with E-state index in [1.165, 1.54) is 12.1 Å². The number of carbonyl (C=O) groups is 3. The van der Waals surface area contributed by atoms with Gasteiger partial charge in [0.1, 0.15) is 0 Å². The van der Waals surface area contributed by atoms with Crippen LogP contribution >= 0.6 is 7.60 Å². The maximum Gasteiger partial charge on any atom is 0.362 e. The first-order valence-electron chi connectivity index (χ1n) is 7.67. The van der Waals surface area contributed by atoms with Gasteiger partial charge in [-0.2, -0.15) is 0 Å². The maximum atomic E-state index is 13.2. The van der Waals surface area contributed by atoms with Crippen molar-refractivity contribution in [3.63, 3.8) is 0 Å². The number of benzene rings is 1. The molecular formula is C16H21O8P. The van der Waals surface area contributed by atoms with Crippen LogP contribution in [0.5, 0.6) is 0 Å². The van der Waals surface area contributed by atoms with Gasteiger partial charge in [-0.15, -0.1) is 0 Å². The predicted molar refractivity (Wildman–Crippen MR) is 89.6 cm³/mol. The standard InChI is InChI=1S/C16H21O8P/c1-5-22-16(19)13-12(15(18)21-4)9-8-11(10-17)14(13)25(20,23-6-2)24-7-3/h8-10H,5-7H2,1-4H3. The highest BCUT2D eigenvalue weighted by molar-refractivity contribution is 7.62. The number of esters is 2. The van der Waals surface area contributed by atoms with Crippen LogP contribution in [0.1, 0.15) is 51.8 Å². The summed E-state index contributed by atoms with van der Waals surface area (Å²) in [5.74, 6) is -1.78. The van der Waals surface area contributed by atoms with E-state index in [-0.39, 0.29) is 41.8 Å². The van der Waals surface area contributed by atoms with Gasteiger partial charge in [-0.3, -0.25) is 9.36 Å². The largest absolute Gasteiger partial charge is 0.465 e. The highest BCUT2D eigenvalue weighted by Gasteiger charge is 2.38. The van der Waals surface area contributed by atoms with Gasteiger partial charge in [-0.05, 0) is 32.9 Å². The van der Waals surface area contributed by atoms with Gasteiger partial charge >= 0.3 is 19.5 Å². The third-order valence-corrected chi connectivity index (χ3v) is 5.32. The molecule has 0 atom stereocenters. The fourth-order valence-electron chi connectivity index (χ4n) is 2.19. The highest BCUT2D eigenvalue weighted by atomic mass is 31.2. The van der Waals surface area contributed by atoms with Crippen LogP contribution in [0.4, 0.5) is 0 Å². The topological polar surface area (TPSA) is 105 Å². The van der Waals surface area contributed by atoms with Crippen molar-refractivity contribution in [2.24, 2.45) is 0 Å². The zero-order valence-corrected chi connectivity index (χ0v) is 15.5. The van der Waals surface area contributed by atoms with Crippen LogP contribution in [-0.2, 0) is 23.1 Å². The number of carbonyl (C=O) groups excluding carboxylic acids is 3. The first-order valence-corrected chi connectivity index (χ1v) is 9.21. The summed E-state index contributed by atoms with van der Waals surface area (Å²) in [6.45, 7) is 4.75. The second kappa shape index (κ2) is 9.46. The monoisotopic (exact) mass is 372 g/mol. The van der Waals surface area contributed by atoms with Gasteiger partial charge in [-0.1, -0.05) is 0 Å². The zero-order valence-electron chi connectivity index (χ0n) is 14.6. The SMILES string of the molecule is CCOC(=O)c1c(C(=O)OC)ccc(C=O)c1P(=O)(OCC)OCC. The summed E-state index contributed by atoms with van der Waals surface area (Å²) < 4.78 is 33.3. The smallest absolute Gasteiger partial charge is 0.362 e. The summed E-state index contributed by atoms with van der Waals surface area (Å²) in [6, 6.07) is 2.48. The Morgan fingerprint density at radius 2 is 1.64 bits per heavy atom. The minimum Gasteiger partial charge on any atom is -0.465 e. The summed E-state index contributed by atoms with van der Waals surface area (Å²) in [5, 5.41) is -0.299. The molecule has 0 N–H and O–H groups in total. The van der Waals surface area contributed by atoms with Crippen molar-refractivity contribution in [2.45, 2.75) is 20.8 Å². The van der Waals surface area contributed by atoms with Gasteiger partial charge < -0.3 is 18.5 Å². The highest BCUT2D eigenvalue weighted by Crippen LogP contribution is 2.49. The Hall–Kier alpha value is -2.02. The van der Waals surface area contributed by atoms with E-state index < -0.39 is 19.5 Å². The Bertz CT molecular complexity index is 688. The van der Waals surface area contributed by atoms with E-state index in [2.05, 4.69) is 4.74 Å². The van der Waals surface area contributed by atoms with E-state index in [0.717, 1.165) is 7.11 Å².